The van der Waals surface area contributed by atoms with Crippen molar-refractivity contribution in [3.63, 3.8) is 0 Å². The minimum Gasteiger partial charge on any atom is -0.303 e. The van der Waals surface area contributed by atoms with Crippen LogP contribution in [0.3, 0.4) is 0 Å². The highest BCUT2D eigenvalue weighted by Gasteiger charge is 2.31. The number of alkyl halides is 3. The number of hydrogen-bond donors (Lipinski definition) is 2. The highest BCUT2D eigenvalue weighted by molar-refractivity contribution is 7.46. The van der Waals surface area contributed by atoms with Crippen LogP contribution in [0.2, 0.25) is 0 Å². The van der Waals surface area contributed by atoms with E-state index in [2.05, 4.69) is 4.52 Å². The first-order valence-corrected chi connectivity index (χ1v) is 3.50. The van der Waals surface area contributed by atoms with Crippen LogP contribution in [-0.4, -0.2) is 22.6 Å². The van der Waals surface area contributed by atoms with Gasteiger partial charge in [0.15, 0.2) is 6.61 Å². The first-order valence-electron chi connectivity index (χ1n) is 1.97. The third kappa shape index (κ3) is 7.90. The van der Waals surface area contributed by atoms with Crippen molar-refractivity contribution < 1.29 is 32.0 Å². The molecule has 0 rings (SSSR count). The van der Waals surface area contributed by atoms with Gasteiger partial charge in [0.05, 0.1) is 0 Å². The zero-order valence-corrected chi connectivity index (χ0v) is 5.39. The van der Waals surface area contributed by atoms with Crippen molar-refractivity contribution in [1.82, 2.24) is 0 Å². The van der Waals surface area contributed by atoms with E-state index in [4.69, 9.17) is 9.79 Å². The number of halogens is 3. The number of hydrogen-bond acceptors (Lipinski definition) is 2. The van der Waals surface area contributed by atoms with Gasteiger partial charge in [0.1, 0.15) is 0 Å². The van der Waals surface area contributed by atoms with Crippen LogP contribution in [0.25, 0.3) is 0 Å². The quantitative estimate of drug-likeness (QED) is 0.612. The van der Waals surface area contributed by atoms with Crippen LogP contribution < -0.4 is 0 Å². The van der Waals surface area contributed by atoms with E-state index in [1.54, 1.807) is 0 Å². The largest absolute Gasteiger partial charge is 0.469 e. The first kappa shape index (κ1) is 9.90. The van der Waals surface area contributed by atoms with Gasteiger partial charge in [0, 0.05) is 0 Å². The molecule has 2 N–H and O–H groups in total. The van der Waals surface area contributed by atoms with Crippen molar-refractivity contribution in [2.24, 2.45) is 0 Å². The minimum atomic E-state index is -4.98. The molecule has 0 saturated heterocycles. The van der Waals surface area contributed by atoms with Crippen molar-refractivity contribution in [3.05, 3.63) is 0 Å². The molecule has 0 spiro atoms. The molecular formula is C2H4F3O4P. The topological polar surface area (TPSA) is 66.8 Å². The third-order valence-electron chi connectivity index (χ3n) is 0.396. The molecule has 0 aromatic heterocycles. The Morgan fingerprint density at radius 1 is 1.40 bits per heavy atom. The Morgan fingerprint density at radius 3 is 1.90 bits per heavy atom. The molecule has 0 unspecified atom stereocenters. The lowest BCUT2D eigenvalue weighted by Crippen LogP contribution is -2.15. The second-order valence-corrected chi connectivity index (χ2v) is 2.62. The van der Waals surface area contributed by atoms with E-state index in [-0.39, 0.29) is 0 Å². The third-order valence-corrected chi connectivity index (χ3v) is 0.862. The Morgan fingerprint density at radius 2 is 1.80 bits per heavy atom. The normalized spacial score (nSPS) is 13.7. The molecule has 0 aromatic rings. The lowest BCUT2D eigenvalue weighted by atomic mass is 10.7. The van der Waals surface area contributed by atoms with Crippen molar-refractivity contribution >= 4 is 7.82 Å². The summed E-state index contributed by atoms with van der Waals surface area (Å²) >= 11 is 0. The van der Waals surface area contributed by atoms with Crippen molar-refractivity contribution in [1.29, 1.82) is 0 Å². The molecule has 0 radical (unpaired) electrons. The number of phosphoric ester groups is 1. The maximum atomic E-state index is 11.1. The van der Waals surface area contributed by atoms with Gasteiger partial charge in [-0.15, -0.1) is 0 Å². The molecule has 0 aliphatic heterocycles. The molecule has 0 atom stereocenters. The summed E-state index contributed by atoms with van der Waals surface area (Å²) in [5, 5.41) is 0. The van der Waals surface area contributed by atoms with Gasteiger partial charge in [0.25, 0.3) is 0 Å². The van der Waals surface area contributed by atoms with Gasteiger partial charge >= 0.3 is 14.0 Å². The summed E-state index contributed by atoms with van der Waals surface area (Å²) in [7, 11) is -4.98. The second kappa shape index (κ2) is 2.87. The second-order valence-electron chi connectivity index (χ2n) is 1.38. The Hall–Kier alpha value is -0.100. The smallest absolute Gasteiger partial charge is 0.303 e. The van der Waals surface area contributed by atoms with Crippen LogP contribution >= 0.6 is 7.82 Å². The van der Waals surface area contributed by atoms with Crippen molar-refractivity contribution in [2.75, 3.05) is 6.61 Å². The molecule has 0 fully saturated rings. The lowest BCUT2D eigenvalue weighted by Gasteiger charge is -2.07. The zero-order chi connectivity index (χ0) is 8.41. The Kier molecular flexibility index (Phi) is 2.85. The highest BCUT2D eigenvalue weighted by Crippen LogP contribution is 2.37. The number of phosphoric acid groups is 1. The summed E-state index contributed by atoms with van der Waals surface area (Å²) in [6.45, 7) is -1.93. The van der Waals surface area contributed by atoms with Crippen LogP contribution in [0.5, 0.6) is 0 Å². The molecule has 8 heteroatoms. The molecule has 4 nitrogen and oxygen atoms in total. The van der Waals surface area contributed by atoms with E-state index in [1.165, 1.54) is 0 Å². The van der Waals surface area contributed by atoms with Gasteiger partial charge in [0.2, 0.25) is 0 Å². The van der Waals surface area contributed by atoms with Crippen LogP contribution in [0, 0.1) is 0 Å². The molecule has 0 aliphatic carbocycles. The van der Waals surface area contributed by atoms with Crippen LogP contribution in [0.1, 0.15) is 0 Å². The average molecular weight is 180 g/mol. The molecule has 10 heavy (non-hydrogen) atoms. The van der Waals surface area contributed by atoms with Crippen molar-refractivity contribution in [3.8, 4) is 0 Å². The van der Waals surface area contributed by atoms with E-state index in [0.717, 1.165) is 0 Å². The highest BCUT2D eigenvalue weighted by atomic mass is 31.2. The van der Waals surface area contributed by atoms with E-state index >= 15 is 0 Å². The lowest BCUT2D eigenvalue weighted by molar-refractivity contribution is -0.156. The summed E-state index contributed by atoms with van der Waals surface area (Å²) in [6, 6.07) is 0. The Labute approximate surface area is 53.9 Å². The summed E-state index contributed by atoms with van der Waals surface area (Å²) in [5.41, 5.74) is 0. The molecule has 0 bridgehead atoms. The Balaban J connectivity index is 3.67. The van der Waals surface area contributed by atoms with Gasteiger partial charge in [-0.25, -0.2) is 4.57 Å². The van der Waals surface area contributed by atoms with Crippen LogP contribution in [0.4, 0.5) is 13.2 Å². The van der Waals surface area contributed by atoms with E-state index in [0.29, 0.717) is 0 Å². The van der Waals surface area contributed by atoms with Crippen LogP contribution in [-0.2, 0) is 9.09 Å². The van der Waals surface area contributed by atoms with Gasteiger partial charge in [-0.2, -0.15) is 13.2 Å². The monoisotopic (exact) mass is 180 g/mol. The van der Waals surface area contributed by atoms with Gasteiger partial charge in [-0.05, 0) is 0 Å². The molecular weight excluding hydrogens is 176 g/mol. The van der Waals surface area contributed by atoms with E-state index in [1.807, 2.05) is 0 Å². The van der Waals surface area contributed by atoms with Crippen molar-refractivity contribution in [2.45, 2.75) is 6.18 Å². The van der Waals surface area contributed by atoms with E-state index in [9.17, 15) is 17.7 Å². The fourth-order valence-corrected chi connectivity index (χ4v) is 0.472. The van der Waals surface area contributed by atoms with Crippen LogP contribution in [0.15, 0.2) is 0 Å². The Bertz CT molecular complexity index is 147. The first-order chi connectivity index (χ1) is 4.21. The molecule has 62 valence electrons. The average Bonchev–Trinajstić information content (AvgIpc) is 1.57. The molecule has 0 heterocycles. The summed E-state index contributed by atoms with van der Waals surface area (Å²) in [4.78, 5) is 15.5. The summed E-state index contributed by atoms with van der Waals surface area (Å²) in [5.74, 6) is 0. The fraction of sp³-hybridized carbons (Fsp3) is 1.00. The number of rotatable bonds is 2. The fourth-order valence-electron chi connectivity index (χ4n) is 0.157. The molecule has 0 aliphatic rings. The van der Waals surface area contributed by atoms with Gasteiger partial charge < -0.3 is 9.79 Å². The summed E-state index contributed by atoms with van der Waals surface area (Å²) in [6.07, 6.45) is -4.71. The SMILES string of the molecule is O=P(O)(O)OCC(F)(F)F. The maximum Gasteiger partial charge on any atom is 0.469 e. The van der Waals surface area contributed by atoms with Gasteiger partial charge in [-0.3, -0.25) is 4.52 Å². The predicted molar refractivity (Wildman–Crippen MR) is 24.1 cm³/mol. The minimum absolute atomic E-state index is 1.93. The molecule has 0 amide bonds. The molecule has 0 saturated carbocycles. The van der Waals surface area contributed by atoms with E-state index < -0.39 is 20.6 Å². The maximum absolute atomic E-state index is 11.1. The predicted octanol–water partition coefficient (Wildman–Crippen LogP) is 0.658. The molecule has 0 aromatic carbocycles. The standard InChI is InChI=1S/C2H4F3O4P/c3-2(4,5)1-9-10(6,7)8/h1H2,(H2,6,7,8). The van der Waals surface area contributed by atoms with Gasteiger partial charge in [-0.1, -0.05) is 0 Å². The zero-order valence-electron chi connectivity index (χ0n) is 4.50. The summed E-state index contributed by atoms with van der Waals surface area (Å²) < 4.78 is 46.1.